The van der Waals surface area contributed by atoms with Crippen LogP contribution in [0.1, 0.15) is 5.56 Å². The molecule has 121 heavy (non-hydrogen) atoms. The van der Waals surface area contributed by atoms with E-state index in [1.165, 1.54) is 164 Å². The number of rotatable bonds is 14. The minimum Gasteiger partial charge on any atom is -0.309 e. The summed E-state index contributed by atoms with van der Waals surface area (Å²) >= 11 is 0. The molecule has 0 atom stereocenters. The van der Waals surface area contributed by atoms with Crippen LogP contribution in [0.15, 0.2) is 467 Å². The second-order valence-electron chi connectivity index (χ2n) is 31.4. The lowest BCUT2D eigenvalue weighted by molar-refractivity contribution is 1.18. The minimum absolute atomic E-state index is 0.650. The quantitative estimate of drug-likeness (QED) is 0.0790. The molecule has 0 spiro atoms. The largest absolute Gasteiger partial charge is 0.309 e. The number of hydrogen-bond donors (Lipinski definition) is 0. The monoisotopic (exact) mass is 1560 g/mol. The van der Waals surface area contributed by atoms with Gasteiger partial charge >= 0.3 is 0 Å². The zero-order valence-corrected chi connectivity index (χ0v) is 67.2. The predicted octanol–water partition coefficient (Wildman–Crippen LogP) is 27.0. The average molecular weight is 1560 g/mol. The van der Waals surface area contributed by atoms with Gasteiger partial charge in [0.2, 0.25) is 0 Å². The van der Waals surface area contributed by atoms with Crippen molar-refractivity contribution in [3.8, 4) is 95.6 Å². The molecule has 4 heterocycles. The Hall–Kier alpha value is -15.9. The molecular weight excluding hydrogens is 1480 g/mol. The smallest absolute Gasteiger partial charge is 0.179 e. The molecule has 566 valence electrons. The van der Waals surface area contributed by atoms with E-state index in [0.717, 1.165) is 33.8 Å². The molecule has 0 aliphatic carbocycles. The molecule has 0 bridgehead atoms. The Kier molecular flexibility index (Phi) is 17.9. The summed E-state index contributed by atoms with van der Waals surface area (Å²) in [6.07, 6.45) is 0. The Bertz CT molecular complexity index is 7800. The van der Waals surface area contributed by atoms with Crippen molar-refractivity contribution in [2.75, 3.05) is 0 Å². The third-order valence-electron chi connectivity index (χ3n) is 24.6. The lowest BCUT2D eigenvalue weighted by atomic mass is 10.00. The van der Waals surface area contributed by atoms with Crippen LogP contribution in [0.25, 0.3) is 177 Å². The number of aromatic nitrogens is 4. The van der Waals surface area contributed by atoms with E-state index in [-0.39, 0.29) is 0 Å². The molecule has 23 aromatic rings. The summed E-state index contributed by atoms with van der Waals surface area (Å²) in [6, 6.07) is 172. The van der Waals surface area contributed by atoms with Crippen LogP contribution in [-0.4, -0.2) is 26.3 Å². The Balaban J connectivity index is 0.000000151. The van der Waals surface area contributed by atoms with E-state index >= 15 is 0 Å². The number of para-hydroxylation sites is 4. The number of hydrogen-bond acceptors (Lipinski definition) is 1. The van der Waals surface area contributed by atoms with Crippen LogP contribution < -0.4 is 20.7 Å². The van der Waals surface area contributed by atoms with E-state index in [4.69, 9.17) is 0 Å². The Morgan fingerprint density at radius 2 is 0.388 bits per heavy atom. The zero-order valence-electron chi connectivity index (χ0n) is 66.2. The summed E-state index contributed by atoms with van der Waals surface area (Å²) in [5, 5.41) is 24.8. The van der Waals surface area contributed by atoms with Gasteiger partial charge in [0.1, 0.15) is 0 Å². The summed E-state index contributed by atoms with van der Waals surface area (Å²) < 4.78 is 9.52. The highest BCUT2D eigenvalue weighted by Gasteiger charge is 2.41. The molecule has 23 rings (SSSR count). The van der Waals surface area contributed by atoms with Crippen LogP contribution in [0, 0.1) is 11.3 Å². The first kappa shape index (κ1) is 71.6. The molecule has 6 heteroatoms. The molecule has 0 radical (unpaired) electrons. The molecule has 0 N–H and O–H groups in total. The van der Waals surface area contributed by atoms with Gasteiger partial charge in [-0.3, -0.25) is 0 Å². The Morgan fingerprint density at radius 1 is 0.157 bits per heavy atom. The van der Waals surface area contributed by atoms with Crippen LogP contribution >= 0.6 is 0 Å². The summed E-state index contributed by atoms with van der Waals surface area (Å²) in [4.78, 5) is 0. The molecule has 19 aromatic carbocycles. The first-order valence-corrected chi connectivity index (χ1v) is 43.4. The third-order valence-corrected chi connectivity index (χ3v) is 29.4. The van der Waals surface area contributed by atoms with Gasteiger partial charge in [-0.1, -0.05) is 340 Å². The maximum absolute atomic E-state index is 9.59. The van der Waals surface area contributed by atoms with Crippen LogP contribution in [0.4, 0.5) is 0 Å². The maximum atomic E-state index is 9.59. The molecule has 5 nitrogen and oxygen atoms in total. The lowest BCUT2D eigenvalue weighted by Crippen LogP contribution is -2.74. The predicted molar refractivity (Wildman–Crippen MR) is 511 cm³/mol. The summed E-state index contributed by atoms with van der Waals surface area (Å²) in [5.74, 6) is 0. The van der Waals surface area contributed by atoms with Crippen LogP contribution in [-0.2, 0) is 0 Å². The first-order valence-electron chi connectivity index (χ1n) is 41.4. The van der Waals surface area contributed by atoms with Crippen molar-refractivity contribution in [1.82, 2.24) is 18.3 Å². The number of fused-ring (bicyclic) bond motifs is 12. The highest BCUT2D eigenvalue weighted by molar-refractivity contribution is 7.20. The van der Waals surface area contributed by atoms with Crippen molar-refractivity contribution >= 4 is 116 Å². The molecule has 0 unspecified atom stereocenters. The molecule has 0 saturated carbocycles. The van der Waals surface area contributed by atoms with Gasteiger partial charge in [-0.25, -0.2) is 0 Å². The topological polar surface area (TPSA) is 43.5 Å². The zero-order chi connectivity index (χ0) is 80.3. The number of benzene rings is 19. The summed E-state index contributed by atoms with van der Waals surface area (Å²) in [6.45, 7) is 0. The van der Waals surface area contributed by atoms with E-state index < -0.39 is 8.07 Å². The van der Waals surface area contributed by atoms with Gasteiger partial charge in [0.25, 0.3) is 0 Å². The number of nitrogens with zero attached hydrogens (tertiary/aromatic N) is 5. The van der Waals surface area contributed by atoms with Gasteiger partial charge in [-0.15, -0.1) is 0 Å². The molecule has 0 saturated heterocycles. The van der Waals surface area contributed by atoms with E-state index in [1.54, 1.807) is 0 Å². The fourth-order valence-corrected chi connectivity index (χ4v) is 23.7. The Labute approximate surface area is 703 Å². The van der Waals surface area contributed by atoms with Crippen molar-refractivity contribution in [2.45, 2.75) is 0 Å². The summed E-state index contributed by atoms with van der Waals surface area (Å²) in [5.41, 5.74) is 28.9. The highest BCUT2D eigenvalue weighted by atomic mass is 28.3. The van der Waals surface area contributed by atoms with Crippen molar-refractivity contribution < 1.29 is 0 Å². The third kappa shape index (κ3) is 12.5. The van der Waals surface area contributed by atoms with Crippen molar-refractivity contribution in [1.29, 1.82) is 5.26 Å². The van der Waals surface area contributed by atoms with Gasteiger partial charge in [0.05, 0.1) is 55.8 Å². The molecule has 0 aliphatic rings. The average Bonchev–Trinajstić information content (AvgIpc) is 1.71. The normalized spacial score (nSPS) is 11.6. The maximum Gasteiger partial charge on any atom is 0.179 e. The molecule has 0 fully saturated rings. The van der Waals surface area contributed by atoms with Crippen LogP contribution in [0.5, 0.6) is 0 Å². The van der Waals surface area contributed by atoms with Gasteiger partial charge in [0, 0.05) is 65.8 Å². The fourth-order valence-electron chi connectivity index (χ4n) is 19.0. The highest BCUT2D eigenvalue weighted by Crippen LogP contribution is 2.43. The molecule has 4 aromatic heterocycles. The Morgan fingerprint density at radius 3 is 0.702 bits per heavy atom. The fraction of sp³-hybridized carbons (Fsp3) is 0. The standard InChI is InChI=1S/C66H46N2Si.C49H31N3/c1-5-18-47(19-6-1)48-32-34-49(35-33-48)50-36-40-53(41-37-50)67-63-30-15-13-28-59(63)61-44-51(38-42-65(61)67)52-39-43-66-62(45-52)60-29-14-16-31-64(60)68(66)54-20-17-27-58(46-54)69(55-21-7-2-8-22-55,56-23-9-3-10-24-56)57-25-11-4-12-26-57;50-32-33-9-8-12-41(29-33)52-47-16-7-5-14-43(47)45-31-39(24-28-49(45)52)38-23-27-48-44(30-38)42-13-4-6-15-46(42)51(48)40-25-21-37(22-26-40)36-19-17-35(18-20-36)34-10-2-1-3-11-34/h1-46H;1-31H. The second-order valence-corrected chi connectivity index (χ2v) is 35.2. The van der Waals surface area contributed by atoms with Gasteiger partial charge < -0.3 is 18.3 Å². The lowest BCUT2D eigenvalue weighted by Gasteiger charge is -2.34. The summed E-state index contributed by atoms with van der Waals surface area (Å²) in [7, 11) is -2.74. The van der Waals surface area contributed by atoms with Crippen molar-refractivity contribution in [3.05, 3.63) is 473 Å². The second kappa shape index (κ2) is 30.3. The van der Waals surface area contributed by atoms with E-state index in [0.29, 0.717) is 5.56 Å². The SMILES string of the molecule is N#Cc1cccc(-n2c3ccccc3c3cc(-c4ccc5c(c4)c4ccccc4n5-c4ccc(-c5ccc(-c6ccccc6)cc5)cc4)ccc32)c1.c1ccc(-c2ccc(-c3ccc(-n4c5ccccc5c5cc(-c6ccc7c(c6)c6ccccc6n7-c6cccc([Si](c7ccccc7)(c7ccccc7)c7ccccc7)c6)ccc54)cc3)cc2)cc1. The van der Waals surface area contributed by atoms with Crippen LogP contribution in [0.3, 0.4) is 0 Å². The van der Waals surface area contributed by atoms with E-state index in [1.807, 2.05) is 18.2 Å². The van der Waals surface area contributed by atoms with Crippen molar-refractivity contribution in [2.24, 2.45) is 0 Å². The van der Waals surface area contributed by atoms with E-state index in [2.05, 4.69) is 473 Å². The minimum atomic E-state index is -2.74. The van der Waals surface area contributed by atoms with E-state index in [9.17, 15) is 5.26 Å². The van der Waals surface area contributed by atoms with Crippen LogP contribution in [0.2, 0.25) is 0 Å². The molecule has 0 amide bonds. The first-order chi connectivity index (χ1) is 59.9. The molecular formula is C115H77N5Si. The van der Waals surface area contributed by atoms with Crippen molar-refractivity contribution in [3.63, 3.8) is 0 Å². The van der Waals surface area contributed by atoms with Gasteiger partial charge in [-0.05, 0) is 215 Å². The van der Waals surface area contributed by atoms with Gasteiger partial charge in [0.15, 0.2) is 8.07 Å². The van der Waals surface area contributed by atoms with Gasteiger partial charge in [-0.2, -0.15) is 5.26 Å². The molecule has 0 aliphatic heterocycles. The number of nitriles is 1.